The van der Waals surface area contributed by atoms with Crippen LogP contribution in [0, 0.1) is 0 Å². The Morgan fingerprint density at radius 1 is 1.03 bits per heavy atom. The minimum Gasteiger partial charge on any atom is -0.493 e. The van der Waals surface area contributed by atoms with Gasteiger partial charge in [-0.25, -0.2) is 4.39 Å². The number of likely N-dealkylation sites (tertiary alicyclic amines) is 1. The highest BCUT2D eigenvalue weighted by molar-refractivity contribution is 6.07. The SMILES string of the molecule is COc1cc2c(C(=O)N3CCC(F)CC3)cn(-c3ccc4occc4c3)c(=O)c2cc1OC. The summed E-state index contributed by atoms with van der Waals surface area (Å²) in [5.74, 6) is 0.553. The van der Waals surface area contributed by atoms with E-state index in [4.69, 9.17) is 13.9 Å². The fraction of sp³-hybridized carbons (Fsp3) is 0.280. The number of piperidine rings is 1. The number of amides is 1. The predicted octanol–water partition coefficient (Wildman–Crippen LogP) is 4.33. The number of nitrogens with zero attached hydrogens (tertiary/aromatic N) is 2. The summed E-state index contributed by atoms with van der Waals surface area (Å²) in [5.41, 5.74) is 1.34. The summed E-state index contributed by atoms with van der Waals surface area (Å²) in [6, 6.07) is 10.4. The number of hydrogen-bond acceptors (Lipinski definition) is 5. The average Bonchev–Trinajstić information content (AvgIpc) is 3.31. The molecule has 0 atom stereocenters. The number of ether oxygens (including phenoxy) is 2. The Balaban J connectivity index is 1.74. The highest BCUT2D eigenvalue weighted by Crippen LogP contribution is 2.33. The molecule has 0 N–H and O–H groups in total. The van der Waals surface area contributed by atoms with E-state index in [-0.39, 0.29) is 11.5 Å². The minimum absolute atomic E-state index is 0.253. The number of methoxy groups -OCH3 is 2. The van der Waals surface area contributed by atoms with Crippen molar-refractivity contribution in [2.24, 2.45) is 0 Å². The van der Waals surface area contributed by atoms with Crippen LogP contribution in [0.2, 0.25) is 0 Å². The van der Waals surface area contributed by atoms with Crippen LogP contribution in [0.1, 0.15) is 23.2 Å². The van der Waals surface area contributed by atoms with Crippen molar-refractivity contribution in [1.82, 2.24) is 9.47 Å². The highest BCUT2D eigenvalue weighted by atomic mass is 19.1. The van der Waals surface area contributed by atoms with Gasteiger partial charge in [-0.1, -0.05) is 0 Å². The van der Waals surface area contributed by atoms with Crippen molar-refractivity contribution in [3.8, 4) is 17.2 Å². The number of benzene rings is 2. The first-order valence-electron chi connectivity index (χ1n) is 10.7. The first-order chi connectivity index (χ1) is 16.0. The molecule has 1 aliphatic rings. The number of carbonyl (C=O) groups excluding carboxylic acids is 1. The van der Waals surface area contributed by atoms with Crippen molar-refractivity contribution < 1.29 is 23.1 Å². The molecule has 1 fully saturated rings. The number of aromatic nitrogens is 1. The second-order valence-corrected chi connectivity index (χ2v) is 8.08. The smallest absolute Gasteiger partial charge is 0.263 e. The van der Waals surface area contributed by atoms with Crippen molar-refractivity contribution in [1.29, 1.82) is 0 Å². The Bertz CT molecular complexity index is 1420. The number of fused-ring (bicyclic) bond motifs is 2. The molecule has 170 valence electrons. The molecular weight excluding hydrogens is 427 g/mol. The molecule has 3 heterocycles. The summed E-state index contributed by atoms with van der Waals surface area (Å²) in [5, 5.41) is 1.63. The van der Waals surface area contributed by atoms with Gasteiger partial charge in [0.05, 0.1) is 31.4 Å². The van der Waals surface area contributed by atoms with Gasteiger partial charge in [-0.05, 0) is 49.2 Å². The molecule has 0 unspecified atom stereocenters. The van der Waals surface area contributed by atoms with E-state index in [1.54, 1.807) is 41.6 Å². The maximum absolute atomic E-state index is 13.7. The number of halogens is 1. The molecular formula is C25H23FN2O5. The van der Waals surface area contributed by atoms with Crippen LogP contribution in [0.5, 0.6) is 11.5 Å². The molecule has 7 nitrogen and oxygen atoms in total. The molecule has 2 aromatic carbocycles. The van der Waals surface area contributed by atoms with E-state index in [2.05, 4.69) is 0 Å². The van der Waals surface area contributed by atoms with Gasteiger partial charge in [0.1, 0.15) is 11.8 Å². The first kappa shape index (κ1) is 21.1. The van der Waals surface area contributed by atoms with Gasteiger partial charge in [-0.2, -0.15) is 0 Å². The molecule has 0 spiro atoms. The molecule has 5 rings (SSSR count). The second kappa shape index (κ2) is 8.27. The molecule has 1 aliphatic heterocycles. The predicted molar refractivity (Wildman–Crippen MR) is 122 cm³/mol. The third kappa shape index (κ3) is 3.61. The number of hydrogen-bond donors (Lipinski definition) is 0. The van der Waals surface area contributed by atoms with E-state index in [0.29, 0.717) is 65.0 Å². The van der Waals surface area contributed by atoms with Gasteiger partial charge in [-0.3, -0.25) is 14.2 Å². The first-order valence-corrected chi connectivity index (χ1v) is 10.7. The average molecular weight is 450 g/mol. The molecule has 33 heavy (non-hydrogen) atoms. The van der Waals surface area contributed by atoms with Crippen molar-refractivity contribution in [3.05, 3.63) is 64.8 Å². The zero-order chi connectivity index (χ0) is 23.1. The van der Waals surface area contributed by atoms with Gasteiger partial charge in [0.25, 0.3) is 11.5 Å². The maximum Gasteiger partial charge on any atom is 0.263 e. The Kier molecular flexibility index (Phi) is 5.28. The number of rotatable bonds is 4. The topological polar surface area (TPSA) is 73.9 Å². The monoisotopic (exact) mass is 450 g/mol. The summed E-state index contributed by atoms with van der Waals surface area (Å²) in [6.07, 6.45) is 2.85. The minimum atomic E-state index is -0.897. The van der Waals surface area contributed by atoms with Gasteiger partial charge in [0.15, 0.2) is 11.5 Å². The summed E-state index contributed by atoms with van der Waals surface area (Å²) in [6.45, 7) is 0.657. The zero-order valence-electron chi connectivity index (χ0n) is 18.3. The van der Waals surface area contributed by atoms with Crippen LogP contribution in [0.3, 0.4) is 0 Å². The zero-order valence-corrected chi connectivity index (χ0v) is 18.3. The molecule has 1 saturated heterocycles. The van der Waals surface area contributed by atoms with E-state index in [1.165, 1.54) is 18.8 Å². The number of alkyl halides is 1. The number of furan rings is 1. The Hall–Kier alpha value is -3.81. The fourth-order valence-corrected chi connectivity index (χ4v) is 4.35. The summed E-state index contributed by atoms with van der Waals surface area (Å²) in [4.78, 5) is 28.7. The van der Waals surface area contributed by atoms with Crippen LogP contribution in [0.15, 0.2) is 58.1 Å². The number of pyridine rings is 1. The van der Waals surface area contributed by atoms with Crippen LogP contribution in [-0.2, 0) is 0 Å². The van der Waals surface area contributed by atoms with Crippen molar-refractivity contribution in [2.75, 3.05) is 27.3 Å². The summed E-state index contributed by atoms with van der Waals surface area (Å²) in [7, 11) is 2.99. The Labute approximate surface area is 188 Å². The molecule has 0 saturated carbocycles. The quantitative estimate of drug-likeness (QED) is 0.463. The fourth-order valence-electron chi connectivity index (χ4n) is 4.35. The third-order valence-corrected chi connectivity index (χ3v) is 6.18. The lowest BCUT2D eigenvalue weighted by Gasteiger charge is -2.29. The van der Waals surface area contributed by atoms with Crippen LogP contribution >= 0.6 is 0 Å². The second-order valence-electron chi connectivity index (χ2n) is 8.08. The van der Waals surface area contributed by atoms with Gasteiger partial charge >= 0.3 is 0 Å². The molecule has 0 bridgehead atoms. The van der Waals surface area contributed by atoms with Crippen LogP contribution in [-0.4, -0.2) is 48.9 Å². The molecule has 0 radical (unpaired) electrons. The van der Waals surface area contributed by atoms with Crippen molar-refractivity contribution >= 4 is 27.6 Å². The molecule has 1 amide bonds. The molecule has 0 aliphatic carbocycles. The van der Waals surface area contributed by atoms with Crippen molar-refractivity contribution in [3.63, 3.8) is 0 Å². The van der Waals surface area contributed by atoms with Crippen LogP contribution < -0.4 is 15.0 Å². The van der Waals surface area contributed by atoms with Crippen molar-refractivity contribution in [2.45, 2.75) is 19.0 Å². The largest absolute Gasteiger partial charge is 0.493 e. The normalized spacial score (nSPS) is 14.7. The van der Waals surface area contributed by atoms with E-state index >= 15 is 0 Å². The lowest BCUT2D eigenvalue weighted by molar-refractivity contribution is 0.0668. The van der Waals surface area contributed by atoms with Gasteiger partial charge in [0, 0.05) is 35.7 Å². The van der Waals surface area contributed by atoms with E-state index in [0.717, 1.165) is 5.39 Å². The van der Waals surface area contributed by atoms with Crippen LogP contribution in [0.4, 0.5) is 4.39 Å². The lowest BCUT2D eigenvalue weighted by atomic mass is 10.0. The van der Waals surface area contributed by atoms with E-state index < -0.39 is 6.17 Å². The Morgan fingerprint density at radius 2 is 1.73 bits per heavy atom. The van der Waals surface area contributed by atoms with E-state index in [9.17, 15) is 14.0 Å². The standard InChI is InChI=1S/C25H23FN2O5/c1-31-22-12-18-19(13-23(22)32-2)25(30)28(17-3-4-21-15(11-17)7-10-33-21)14-20(18)24(29)27-8-5-16(26)6-9-27/h3-4,7,10-14,16H,5-6,8-9H2,1-2H3. The summed E-state index contributed by atoms with van der Waals surface area (Å²) < 4.78 is 31.3. The molecule has 8 heteroatoms. The maximum atomic E-state index is 13.7. The number of carbonyl (C=O) groups is 1. The highest BCUT2D eigenvalue weighted by Gasteiger charge is 2.26. The molecule has 4 aromatic rings. The lowest BCUT2D eigenvalue weighted by Crippen LogP contribution is -2.39. The van der Waals surface area contributed by atoms with Gasteiger partial charge in [0.2, 0.25) is 0 Å². The van der Waals surface area contributed by atoms with Gasteiger partial charge < -0.3 is 18.8 Å². The molecule has 2 aromatic heterocycles. The van der Waals surface area contributed by atoms with Crippen LogP contribution in [0.25, 0.3) is 27.4 Å². The third-order valence-electron chi connectivity index (χ3n) is 6.18. The Morgan fingerprint density at radius 3 is 2.42 bits per heavy atom. The van der Waals surface area contributed by atoms with E-state index in [1.807, 2.05) is 12.1 Å². The summed E-state index contributed by atoms with van der Waals surface area (Å²) >= 11 is 0. The van der Waals surface area contributed by atoms with Gasteiger partial charge in [-0.15, -0.1) is 0 Å².